The van der Waals surface area contributed by atoms with Crippen LogP contribution in [0.1, 0.15) is 35.1 Å². The zero-order chi connectivity index (χ0) is 24.9. The van der Waals surface area contributed by atoms with Crippen LogP contribution in [0.5, 0.6) is 5.75 Å². The van der Waals surface area contributed by atoms with E-state index in [1.807, 2.05) is 0 Å². The molecule has 0 saturated carbocycles. The van der Waals surface area contributed by atoms with E-state index in [9.17, 15) is 31.9 Å². The van der Waals surface area contributed by atoms with Gasteiger partial charge in [-0.25, -0.2) is 13.8 Å². The Hall–Kier alpha value is -3.25. The SMILES string of the molecule is CCC(F)(F)F.Cc1[nH]nc(Cl)c1NC(=O)c1cc(F)c(-c2ccc(F)c(CO)n2)cc1O. The van der Waals surface area contributed by atoms with Gasteiger partial charge in [-0.05, 0) is 31.2 Å². The number of aromatic amines is 1. The van der Waals surface area contributed by atoms with Gasteiger partial charge in [0.15, 0.2) is 5.15 Å². The van der Waals surface area contributed by atoms with Crippen molar-refractivity contribution in [3.63, 3.8) is 0 Å². The molecule has 3 rings (SSSR count). The molecule has 2 heterocycles. The maximum Gasteiger partial charge on any atom is 0.388 e. The summed E-state index contributed by atoms with van der Waals surface area (Å²) in [5, 5.41) is 28.0. The van der Waals surface area contributed by atoms with Gasteiger partial charge in [0.2, 0.25) is 0 Å². The Labute approximate surface area is 189 Å². The van der Waals surface area contributed by atoms with Crippen molar-refractivity contribution in [3.05, 3.63) is 58.0 Å². The molecule has 3 aromatic rings. The first kappa shape index (κ1) is 26.0. The van der Waals surface area contributed by atoms with Crippen molar-refractivity contribution in [2.24, 2.45) is 0 Å². The van der Waals surface area contributed by atoms with Crippen LogP contribution in [-0.4, -0.2) is 37.5 Å². The van der Waals surface area contributed by atoms with Crippen LogP contribution in [0.15, 0.2) is 24.3 Å². The summed E-state index contributed by atoms with van der Waals surface area (Å²) in [6.45, 7) is 2.04. The van der Waals surface area contributed by atoms with E-state index in [-0.39, 0.29) is 33.4 Å². The van der Waals surface area contributed by atoms with Crippen LogP contribution < -0.4 is 5.32 Å². The Morgan fingerprint density at radius 1 is 1.21 bits per heavy atom. The van der Waals surface area contributed by atoms with E-state index in [1.54, 1.807) is 6.92 Å². The minimum absolute atomic E-state index is 0.00562. The lowest BCUT2D eigenvalue weighted by molar-refractivity contribution is -0.130. The minimum atomic E-state index is -3.96. The number of benzene rings is 1. The van der Waals surface area contributed by atoms with Gasteiger partial charge in [-0.15, -0.1) is 0 Å². The highest BCUT2D eigenvalue weighted by atomic mass is 35.5. The van der Waals surface area contributed by atoms with Gasteiger partial charge >= 0.3 is 6.18 Å². The number of nitrogens with zero attached hydrogens (tertiary/aromatic N) is 2. The largest absolute Gasteiger partial charge is 0.507 e. The number of aliphatic hydroxyl groups is 1. The average Bonchev–Trinajstić information content (AvgIpc) is 3.07. The first-order valence-corrected chi connectivity index (χ1v) is 9.63. The highest BCUT2D eigenvalue weighted by molar-refractivity contribution is 6.33. The van der Waals surface area contributed by atoms with Crippen molar-refractivity contribution >= 4 is 23.2 Å². The standard InChI is InChI=1S/C17H13ClF2N4O3.C3H5F3/c1-7-15(16(18)24-23-7)22-17(27)9-4-11(20)8(5-14(9)26)12-3-2-10(19)13(6-25)21-12;1-2-3(4,5)6/h2-5,25-26H,6H2,1H3,(H,22,27)(H,23,24);2H2,1H3. The number of pyridine rings is 1. The van der Waals surface area contributed by atoms with Crippen molar-refractivity contribution in [2.75, 3.05) is 5.32 Å². The fraction of sp³-hybridized carbons (Fsp3) is 0.250. The molecular weight excluding hydrogens is 475 g/mol. The Kier molecular flexibility index (Phi) is 8.34. The summed E-state index contributed by atoms with van der Waals surface area (Å²) < 4.78 is 60.3. The highest BCUT2D eigenvalue weighted by Gasteiger charge is 2.22. The molecule has 0 atom stereocenters. The molecule has 33 heavy (non-hydrogen) atoms. The first-order chi connectivity index (χ1) is 15.4. The number of aliphatic hydroxyl groups excluding tert-OH is 1. The van der Waals surface area contributed by atoms with Crippen LogP contribution in [-0.2, 0) is 6.61 Å². The summed E-state index contributed by atoms with van der Waals surface area (Å²) in [4.78, 5) is 16.2. The fourth-order valence-electron chi connectivity index (χ4n) is 2.41. The number of halogens is 6. The minimum Gasteiger partial charge on any atom is -0.507 e. The van der Waals surface area contributed by atoms with Crippen molar-refractivity contribution in [1.29, 1.82) is 0 Å². The number of nitrogens with one attached hydrogen (secondary N) is 2. The Balaban J connectivity index is 0.000000569. The number of phenolic OH excluding ortho intramolecular Hbond substituents is 1. The molecule has 0 bridgehead atoms. The number of aryl methyl sites for hydroxylation is 1. The predicted octanol–water partition coefficient (Wildman–Crippen LogP) is 5.12. The van der Waals surface area contributed by atoms with Gasteiger partial charge in [0.25, 0.3) is 5.91 Å². The van der Waals surface area contributed by atoms with E-state index in [0.717, 1.165) is 25.1 Å². The summed E-state index contributed by atoms with van der Waals surface area (Å²) in [6.07, 6.45) is -4.69. The zero-order valence-corrected chi connectivity index (χ0v) is 17.9. The van der Waals surface area contributed by atoms with Gasteiger partial charge in [0.1, 0.15) is 28.8 Å². The lowest BCUT2D eigenvalue weighted by Gasteiger charge is -2.10. The van der Waals surface area contributed by atoms with Gasteiger partial charge in [0, 0.05) is 12.0 Å². The molecule has 0 radical (unpaired) electrons. The van der Waals surface area contributed by atoms with Gasteiger partial charge in [-0.2, -0.15) is 18.3 Å². The second kappa shape index (κ2) is 10.6. The van der Waals surface area contributed by atoms with Gasteiger partial charge in [-0.3, -0.25) is 9.89 Å². The number of aromatic nitrogens is 3. The molecule has 178 valence electrons. The van der Waals surface area contributed by atoms with Crippen molar-refractivity contribution in [2.45, 2.75) is 33.1 Å². The van der Waals surface area contributed by atoms with Crippen LogP contribution in [0, 0.1) is 18.6 Å². The molecule has 1 amide bonds. The molecule has 0 saturated heterocycles. The summed E-state index contributed by atoms with van der Waals surface area (Å²) in [5.74, 6) is -2.92. The summed E-state index contributed by atoms with van der Waals surface area (Å²) in [5.41, 5.74) is -0.0729. The number of hydrogen-bond donors (Lipinski definition) is 4. The van der Waals surface area contributed by atoms with E-state index in [2.05, 4.69) is 20.5 Å². The van der Waals surface area contributed by atoms with Gasteiger partial charge < -0.3 is 15.5 Å². The molecule has 0 unspecified atom stereocenters. The third kappa shape index (κ3) is 6.62. The number of anilines is 1. The molecule has 2 aromatic heterocycles. The van der Waals surface area contributed by atoms with E-state index in [1.165, 1.54) is 6.07 Å². The third-order valence-corrected chi connectivity index (χ3v) is 4.49. The topological polar surface area (TPSA) is 111 Å². The number of aromatic hydroxyl groups is 1. The number of phenols is 1. The van der Waals surface area contributed by atoms with E-state index in [4.69, 9.17) is 16.7 Å². The molecule has 0 fully saturated rings. The third-order valence-electron chi connectivity index (χ3n) is 4.22. The number of amides is 1. The Bertz CT molecular complexity index is 1130. The number of alkyl halides is 3. The normalized spacial score (nSPS) is 11.1. The lowest BCUT2D eigenvalue weighted by atomic mass is 10.0. The molecule has 0 aliphatic rings. The van der Waals surface area contributed by atoms with Crippen molar-refractivity contribution < 1.29 is 37.0 Å². The summed E-state index contributed by atoms with van der Waals surface area (Å²) in [7, 11) is 0. The monoisotopic (exact) mass is 492 g/mol. The van der Waals surface area contributed by atoms with E-state index < -0.39 is 42.5 Å². The maximum atomic E-state index is 14.5. The second-order valence-corrected chi connectivity index (χ2v) is 6.93. The molecule has 1 aromatic carbocycles. The van der Waals surface area contributed by atoms with Crippen LogP contribution in [0.3, 0.4) is 0 Å². The highest BCUT2D eigenvalue weighted by Crippen LogP contribution is 2.31. The van der Waals surface area contributed by atoms with Crippen molar-refractivity contribution in [1.82, 2.24) is 15.2 Å². The Morgan fingerprint density at radius 3 is 2.36 bits per heavy atom. The lowest BCUT2D eigenvalue weighted by Crippen LogP contribution is -2.13. The van der Waals surface area contributed by atoms with Crippen LogP contribution in [0.4, 0.5) is 27.6 Å². The molecule has 0 aliphatic heterocycles. The van der Waals surface area contributed by atoms with Crippen LogP contribution >= 0.6 is 11.6 Å². The number of hydrogen-bond acceptors (Lipinski definition) is 5. The molecule has 0 aliphatic carbocycles. The maximum absolute atomic E-state index is 14.5. The molecule has 0 spiro atoms. The van der Waals surface area contributed by atoms with Crippen LogP contribution in [0.25, 0.3) is 11.3 Å². The first-order valence-electron chi connectivity index (χ1n) is 9.25. The Morgan fingerprint density at radius 2 is 1.85 bits per heavy atom. The molecule has 7 nitrogen and oxygen atoms in total. The summed E-state index contributed by atoms with van der Waals surface area (Å²) >= 11 is 5.84. The second-order valence-electron chi connectivity index (χ2n) is 6.57. The van der Waals surface area contributed by atoms with Gasteiger partial charge in [-0.1, -0.05) is 18.5 Å². The van der Waals surface area contributed by atoms with E-state index in [0.29, 0.717) is 5.69 Å². The zero-order valence-electron chi connectivity index (χ0n) is 17.2. The molecule has 4 N–H and O–H groups in total. The number of carbonyl (C=O) groups excluding carboxylic acids is 1. The fourth-order valence-corrected chi connectivity index (χ4v) is 2.64. The smallest absolute Gasteiger partial charge is 0.388 e. The van der Waals surface area contributed by atoms with Gasteiger partial charge in [0.05, 0.1) is 23.6 Å². The quantitative estimate of drug-likeness (QED) is 0.378. The summed E-state index contributed by atoms with van der Waals surface area (Å²) in [6, 6.07) is 4.04. The number of H-pyrrole nitrogens is 1. The van der Waals surface area contributed by atoms with Crippen molar-refractivity contribution in [3.8, 4) is 17.0 Å². The molecule has 13 heteroatoms. The average molecular weight is 493 g/mol. The number of carbonyl (C=O) groups is 1. The van der Waals surface area contributed by atoms with Crippen LogP contribution in [0.2, 0.25) is 5.15 Å². The number of rotatable bonds is 4. The molecular formula is C20H18ClF5N4O3. The predicted molar refractivity (Wildman–Crippen MR) is 110 cm³/mol. The van der Waals surface area contributed by atoms with E-state index >= 15 is 0 Å².